The van der Waals surface area contributed by atoms with Crippen LogP contribution in [-0.2, 0) is 0 Å². The van der Waals surface area contributed by atoms with Gasteiger partial charge in [-0.1, -0.05) is 18.2 Å². The average molecular weight is 224 g/mol. The number of terminal acetylenes is 1. The van der Waals surface area contributed by atoms with Gasteiger partial charge in [-0.05, 0) is 31.7 Å². The Morgan fingerprint density at radius 1 is 1.36 bits per heavy atom. The van der Waals surface area contributed by atoms with E-state index in [1.54, 1.807) is 6.92 Å². The maximum absolute atomic E-state index is 4.60. The second kappa shape index (κ2) is 9.05. The molecule has 0 heterocycles. The van der Waals surface area contributed by atoms with Crippen LogP contribution < -0.4 is 0 Å². The lowest BCUT2D eigenvalue weighted by molar-refractivity contribution is 1.31. The number of thioether (sulfide) groups is 2. The van der Waals surface area contributed by atoms with E-state index < -0.39 is 0 Å². The van der Waals surface area contributed by atoms with Gasteiger partial charge in [-0.2, -0.15) is 11.8 Å². The van der Waals surface area contributed by atoms with Crippen molar-refractivity contribution in [3.63, 3.8) is 0 Å². The molecule has 0 nitrogen and oxygen atoms in total. The van der Waals surface area contributed by atoms with E-state index in [4.69, 9.17) is 0 Å². The Morgan fingerprint density at radius 2 is 1.93 bits per heavy atom. The summed E-state index contributed by atoms with van der Waals surface area (Å²) < 4.78 is 0. The number of hydrogen-bond acceptors (Lipinski definition) is 2. The van der Waals surface area contributed by atoms with E-state index in [1.807, 2.05) is 23.5 Å². The van der Waals surface area contributed by atoms with Gasteiger partial charge < -0.3 is 0 Å². The molecule has 1 rings (SSSR count). The molecule has 0 spiro atoms. The maximum atomic E-state index is 4.60. The third-order valence-corrected chi connectivity index (χ3v) is 3.61. The topological polar surface area (TPSA) is 0 Å². The van der Waals surface area contributed by atoms with Crippen LogP contribution in [0, 0.1) is 19.3 Å². The zero-order chi connectivity index (χ0) is 10.8. The van der Waals surface area contributed by atoms with Crippen LogP contribution in [0.2, 0.25) is 0 Å². The Balaban J connectivity index is 0.000000500. The van der Waals surface area contributed by atoms with Crippen molar-refractivity contribution in [2.75, 3.05) is 11.3 Å². The quantitative estimate of drug-likeness (QED) is 0.431. The van der Waals surface area contributed by atoms with Gasteiger partial charge in [0, 0.05) is 9.98 Å². The molecule has 0 aromatic heterocycles. The largest absolute Gasteiger partial charge is 0.154 e. The molecule has 0 fully saturated rings. The predicted molar refractivity (Wildman–Crippen MR) is 69.9 cm³/mol. The zero-order valence-electron chi connectivity index (χ0n) is 8.91. The molecule has 0 amide bonds. The Kier molecular flexibility index (Phi) is 8.72. The zero-order valence-corrected chi connectivity index (χ0v) is 10.5. The van der Waals surface area contributed by atoms with Gasteiger partial charge >= 0.3 is 0 Å². The van der Waals surface area contributed by atoms with Crippen LogP contribution in [0.5, 0.6) is 0 Å². The van der Waals surface area contributed by atoms with Crippen molar-refractivity contribution in [1.82, 2.24) is 0 Å². The molecule has 14 heavy (non-hydrogen) atoms. The Bertz CT molecular complexity index is 287. The summed E-state index contributed by atoms with van der Waals surface area (Å²) in [5.41, 5.74) is 1.38. The highest BCUT2D eigenvalue weighted by Gasteiger charge is 1.94. The van der Waals surface area contributed by atoms with Crippen molar-refractivity contribution in [3.05, 3.63) is 29.8 Å². The van der Waals surface area contributed by atoms with Gasteiger partial charge in [0.05, 0.1) is 0 Å². The van der Waals surface area contributed by atoms with E-state index in [2.05, 4.69) is 49.8 Å². The standard InChI is InChI=1S/C9H12S2.C3H4/c1-8-5-3-4-6-9(8)11-7-10-2;1-3-2/h3-6H,7H2,1-2H3;1H,2H3. The van der Waals surface area contributed by atoms with Crippen LogP contribution >= 0.6 is 23.5 Å². The van der Waals surface area contributed by atoms with Crippen LogP contribution in [0.4, 0.5) is 0 Å². The van der Waals surface area contributed by atoms with Crippen LogP contribution in [0.3, 0.4) is 0 Å². The van der Waals surface area contributed by atoms with E-state index in [9.17, 15) is 0 Å². The van der Waals surface area contributed by atoms with Crippen molar-refractivity contribution >= 4 is 23.5 Å². The first kappa shape index (κ1) is 13.5. The predicted octanol–water partition coefficient (Wildman–Crippen LogP) is 4.05. The molecule has 0 saturated heterocycles. The number of aryl methyl sites for hydroxylation is 1. The van der Waals surface area contributed by atoms with E-state index >= 15 is 0 Å². The summed E-state index contributed by atoms with van der Waals surface area (Å²) in [6, 6.07) is 8.51. The van der Waals surface area contributed by atoms with Gasteiger partial charge in [-0.3, -0.25) is 0 Å². The third-order valence-electron chi connectivity index (χ3n) is 1.43. The molecule has 0 unspecified atom stereocenters. The smallest absolute Gasteiger partial charge is 0.0436 e. The first-order valence-electron chi connectivity index (χ1n) is 4.31. The molecule has 0 N–H and O–H groups in total. The number of hydrogen-bond donors (Lipinski definition) is 0. The van der Waals surface area contributed by atoms with Crippen molar-refractivity contribution < 1.29 is 0 Å². The second-order valence-corrected chi connectivity index (χ2v) is 4.85. The van der Waals surface area contributed by atoms with Gasteiger partial charge in [0.15, 0.2) is 0 Å². The first-order valence-corrected chi connectivity index (χ1v) is 6.69. The number of rotatable bonds is 3. The minimum Gasteiger partial charge on any atom is -0.154 e. The third kappa shape index (κ3) is 6.01. The molecular formula is C12H16S2. The lowest BCUT2D eigenvalue weighted by Gasteiger charge is -2.02. The van der Waals surface area contributed by atoms with Crippen molar-refractivity contribution in [2.24, 2.45) is 0 Å². The normalized spacial score (nSPS) is 8.43. The van der Waals surface area contributed by atoms with Crippen LogP contribution in [0.15, 0.2) is 29.2 Å². The molecular weight excluding hydrogens is 208 g/mol. The van der Waals surface area contributed by atoms with Gasteiger partial charge in [0.2, 0.25) is 0 Å². The summed E-state index contributed by atoms with van der Waals surface area (Å²) in [5, 5.41) is 1.14. The van der Waals surface area contributed by atoms with E-state index in [-0.39, 0.29) is 0 Å². The summed E-state index contributed by atoms with van der Waals surface area (Å²) in [5.74, 6) is 2.25. The minimum atomic E-state index is 1.14. The first-order chi connectivity index (χ1) is 6.76. The van der Waals surface area contributed by atoms with Crippen LogP contribution in [0.25, 0.3) is 0 Å². The molecule has 1 aromatic carbocycles. The minimum absolute atomic E-state index is 1.14. The highest BCUT2D eigenvalue weighted by atomic mass is 32.2. The van der Waals surface area contributed by atoms with Gasteiger partial charge in [-0.25, -0.2) is 0 Å². The summed E-state index contributed by atoms with van der Waals surface area (Å²) in [6.45, 7) is 3.81. The van der Waals surface area contributed by atoms with Crippen LogP contribution in [-0.4, -0.2) is 11.3 Å². The molecule has 1 aromatic rings. The summed E-state index contributed by atoms with van der Waals surface area (Å²) >= 11 is 3.78. The molecule has 0 bridgehead atoms. The van der Waals surface area contributed by atoms with Crippen molar-refractivity contribution in [2.45, 2.75) is 18.7 Å². The Hall–Kier alpha value is -0.520. The van der Waals surface area contributed by atoms with E-state index in [0.717, 1.165) is 5.08 Å². The molecule has 0 aliphatic rings. The summed E-state index contributed by atoms with van der Waals surface area (Å²) in [4.78, 5) is 1.40. The molecule has 76 valence electrons. The highest BCUT2D eigenvalue weighted by Crippen LogP contribution is 2.24. The monoisotopic (exact) mass is 224 g/mol. The highest BCUT2D eigenvalue weighted by molar-refractivity contribution is 8.15. The average Bonchev–Trinajstić information content (AvgIpc) is 2.18. The van der Waals surface area contributed by atoms with E-state index in [1.165, 1.54) is 10.5 Å². The van der Waals surface area contributed by atoms with Crippen molar-refractivity contribution in [1.29, 1.82) is 0 Å². The SMILES string of the molecule is C#CC.CSCSc1ccccc1C. The van der Waals surface area contributed by atoms with Crippen LogP contribution in [0.1, 0.15) is 12.5 Å². The second-order valence-electron chi connectivity index (χ2n) is 2.61. The fraction of sp³-hybridized carbons (Fsp3) is 0.333. The summed E-state index contributed by atoms with van der Waals surface area (Å²) in [7, 11) is 0. The Labute approximate surface area is 95.9 Å². The lowest BCUT2D eigenvalue weighted by Crippen LogP contribution is -1.77. The molecule has 0 saturated carbocycles. The Morgan fingerprint density at radius 3 is 2.43 bits per heavy atom. The molecule has 0 aliphatic carbocycles. The maximum Gasteiger partial charge on any atom is 0.0436 e. The molecule has 0 radical (unpaired) electrons. The molecule has 2 heteroatoms. The summed E-state index contributed by atoms with van der Waals surface area (Å²) in [6.07, 6.45) is 6.73. The molecule has 0 aliphatic heterocycles. The number of benzene rings is 1. The fourth-order valence-corrected chi connectivity index (χ4v) is 2.29. The lowest BCUT2D eigenvalue weighted by atomic mass is 10.2. The van der Waals surface area contributed by atoms with Crippen molar-refractivity contribution in [3.8, 4) is 12.3 Å². The fourth-order valence-electron chi connectivity index (χ4n) is 0.841. The van der Waals surface area contributed by atoms with Gasteiger partial charge in [-0.15, -0.1) is 24.1 Å². The van der Waals surface area contributed by atoms with Gasteiger partial charge in [0.1, 0.15) is 0 Å². The van der Waals surface area contributed by atoms with Gasteiger partial charge in [0.25, 0.3) is 0 Å². The molecule has 0 atom stereocenters. The van der Waals surface area contributed by atoms with E-state index in [0.29, 0.717) is 0 Å².